The number of nitrogen functional groups attached to an aromatic ring is 1. The molecular weight excluding hydrogens is 290 g/mol. The lowest BCUT2D eigenvalue weighted by atomic mass is 10.1. The predicted molar refractivity (Wildman–Crippen MR) is 84.6 cm³/mol. The standard InChI is InChI=1S/C13H23N5O2S/c1-13(2,7-19)17(3)11(20)9-10(15)16-12(21-9)18-5-4-8(14)6-18/h8,19H,4-7,14-15H2,1-3H3. The van der Waals surface area contributed by atoms with E-state index in [1.54, 1.807) is 20.9 Å². The number of nitrogens with two attached hydrogens (primary N) is 2. The van der Waals surface area contributed by atoms with Gasteiger partial charge in [-0.2, -0.15) is 0 Å². The number of thiazole rings is 1. The molecule has 1 fully saturated rings. The van der Waals surface area contributed by atoms with Crippen molar-refractivity contribution in [2.24, 2.45) is 5.73 Å². The van der Waals surface area contributed by atoms with Crippen molar-refractivity contribution < 1.29 is 9.90 Å². The van der Waals surface area contributed by atoms with E-state index < -0.39 is 5.54 Å². The fraction of sp³-hybridized carbons (Fsp3) is 0.692. The highest BCUT2D eigenvalue weighted by atomic mass is 32.1. The first-order valence-electron chi connectivity index (χ1n) is 6.92. The maximum absolute atomic E-state index is 12.5. The number of amides is 1. The summed E-state index contributed by atoms with van der Waals surface area (Å²) in [5.74, 6) is 0.0138. The minimum absolute atomic E-state index is 0.123. The number of carbonyl (C=O) groups is 1. The van der Waals surface area contributed by atoms with E-state index in [0.717, 1.165) is 24.6 Å². The molecule has 1 amide bonds. The molecule has 0 saturated carbocycles. The molecule has 1 saturated heterocycles. The number of aromatic nitrogens is 1. The minimum Gasteiger partial charge on any atom is -0.394 e. The van der Waals surface area contributed by atoms with Gasteiger partial charge in [0.1, 0.15) is 10.7 Å². The molecule has 0 radical (unpaired) electrons. The molecule has 1 unspecified atom stereocenters. The normalized spacial score (nSPS) is 19.1. The van der Waals surface area contributed by atoms with Crippen molar-refractivity contribution in [3.63, 3.8) is 0 Å². The van der Waals surface area contributed by atoms with Crippen LogP contribution in [0.3, 0.4) is 0 Å². The SMILES string of the molecule is CN(C(=O)c1sc(N2CCC(N)C2)nc1N)C(C)(C)CO. The maximum atomic E-state index is 12.5. The molecule has 0 spiro atoms. The summed E-state index contributed by atoms with van der Waals surface area (Å²) >= 11 is 1.28. The van der Waals surface area contributed by atoms with Crippen LogP contribution in [0.5, 0.6) is 0 Å². The predicted octanol–water partition coefficient (Wildman–Crippen LogP) is 0.106. The molecule has 118 valence electrons. The molecular formula is C13H23N5O2S. The van der Waals surface area contributed by atoms with E-state index in [0.29, 0.717) is 4.88 Å². The lowest BCUT2D eigenvalue weighted by Gasteiger charge is -2.33. The average Bonchev–Trinajstić information content (AvgIpc) is 3.03. The first-order chi connectivity index (χ1) is 9.76. The lowest BCUT2D eigenvalue weighted by molar-refractivity contribution is 0.0478. The highest BCUT2D eigenvalue weighted by molar-refractivity contribution is 7.18. The number of carbonyl (C=O) groups excluding carboxylic acids is 1. The number of aliphatic hydroxyl groups excluding tert-OH is 1. The molecule has 0 aliphatic carbocycles. The number of nitrogens with zero attached hydrogens (tertiary/aromatic N) is 3. The van der Waals surface area contributed by atoms with Gasteiger partial charge in [0.25, 0.3) is 5.91 Å². The topological polar surface area (TPSA) is 109 Å². The molecule has 1 aliphatic heterocycles. The maximum Gasteiger partial charge on any atom is 0.268 e. The third-order valence-electron chi connectivity index (χ3n) is 3.93. The molecule has 0 aromatic carbocycles. The number of hydrogen-bond donors (Lipinski definition) is 3. The first kappa shape index (κ1) is 16.0. The van der Waals surface area contributed by atoms with Crippen LogP contribution in [0.2, 0.25) is 0 Å². The molecule has 0 bridgehead atoms. The van der Waals surface area contributed by atoms with Gasteiger partial charge in [0, 0.05) is 26.2 Å². The Morgan fingerprint density at radius 2 is 2.29 bits per heavy atom. The molecule has 5 N–H and O–H groups in total. The molecule has 2 rings (SSSR count). The van der Waals surface area contributed by atoms with Gasteiger partial charge in [-0.3, -0.25) is 4.79 Å². The number of anilines is 2. The van der Waals surface area contributed by atoms with Gasteiger partial charge < -0.3 is 26.4 Å². The number of hydrogen-bond acceptors (Lipinski definition) is 7. The van der Waals surface area contributed by atoms with Crippen molar-refractivity contribution in [1.82, 2.24) is 9.88 Å². The van der Waals surface area contributed by atoms with Crippen molar-refractivity contribution in [3.8, 4) is 0 Å². The molecule has 8 heteroatoms. The summed E-state index contributed by atoms with van der Waals surface area (Å²) in [5, 5.41) is 10.1. The van der Waals surface area contributed by atoms with Gasteiger partial charge >= 0.3 is 0 Å². The monoisotopic (exact) mass is 313 g/mol. The Balaban J connectivity index is 2.21. The van der Waals surface area contributed by atoms with Crippen LogP contribution in [-0.2, 0) is 0 Å². The van der Waals surface area contributed by atoms with Crippen LogP contribution in [0.4, 0.5) is 10.9 Å². The zero-order chi connectivity index (χ0) is 15.8. The Morgan fingerprint density at radius 3 is 2.81 bits per heavy atom. The second-order valence-corrected chi connectivity index (χ2v) is 7.02. The van der Waals surface area contributed by atoms with Crippen molar-refractivity contribution in [2.75, 3.05) is 37.4 Å². The van der Waals surface area contributed by atoms with Gasteiger partial charge in [-0.25, -0.2) is 4.98 Å². The van der Waals surface area contributed by atoms with Crippen LogP contribution >= 0.6 is 11.3 Å². The average molecular weight is 313 g/mol. The first-order valence-corrected chi connectivity index (χ1v) is 7.73. The molecule has 7 nitrogen and oxygen atoms in total. The fourth-order valence-electron chi connectivity index (χ4n) is 2.10. The van der Waals surface area contributed by atoms with Crippen LogP contribution in [0, 0.1) is 0 Å². The molecule has 2 heterocycles. The van der Waals surface area contributed by atoms with Crippen molar-refractivity contribution in [1.29, 1.82) is 0 Å². The molecule has 1 aromatic rings. The number of aliphatic hydroxyl groups is 1. The van der Waals surface area contributed by atoms with E-state index in [1.807, 2.05) is 0 Å². The summed E-state index contributed by atoms with van der Waals surface area (Å²) in [6, 6.07) is 0.144. The van der Waals surface area contributed by atoms with E-state index in [2.05, 4.69) is 9.88 Å². The lowest BCUT2D eigenvalue weighted by Crippen LogP contribution is -2.47. The fourth-order valence-corrected chi connectivity index (χ4v) is 3.10. The van der Waals surface area contributed by atoms with Crippen LogP contribution in [-0.4, -0.2) is 59.2 Å². The highest BCUT2D eigenvalue weighted by Gasteiger charge is 2.31. The molecule has 1 atom stereocenters. The zero-order valence-corrected chi connectivity index (χ0v) is 13.5. The quantitative estimate of drug-likeness (QED) is 0.728. The van der Waals surface area contributed by atoms with Gasteiger partial charge in [-0.15, -0.1) is 0 Å². The summed E-state index contributed by atoms with van der Waals surface area (Å²) in [5.41, 5.74) is 11.1. The largest absolute Gasteiger partial charge is 0.394 e. The van der Waals surface area contributed by atoms with Gasteiger partial charge in [0.2, 0.25) is 0 Å². The minimum atomic E-state index is -0.649. The van der Waals surface area contributed by atoms with Crippen LogP contribution in [0.15, 0.2) is 0 Å². The summed E-state index contributed by atoms with van der Waals surface area (Å²) in [6.45, 7) is 5.03. The summed E-state index contributed by atoms with van der Waals surface area (Å²) in [4.78, 5) is 20.8. The molecule has 1 aliphatic rings. The second-order valence-electron chi connectivity index (χ2n) is 6.04. The Hall–Kier alpha value is -1.38. The third-order valence-corrected chi connectivity index (χ3v) is 5.05. The van der Waals surface area contributed by atoms with E-state index in [4.69, 9.17) is 11.5 Å². The van der Waals surface area contributed by atoms with E-state index in [1.165, 1.54) is 16.2 Å². The van der Waals surface area contributed by atoms with Gasteiger partial charge in [0.15, 0.2) is 5.13 Å². The Bertz CT molecular complexity index is 531. The number of rotatable bonds is 4. The summed E-state index contributed by atoms with van der Waals surface area (Å²) < 4.78 is 0. The van der Waals surface area contributed by atoms with Crippen LogP contribution in [0.25, 0.3) is 0 Å². The number of likely N-dealkylation sites (N-methyl/N-ethyl adjacent to an activating group) is 1. The summed E-state index contributed by atoms with van der Waals surface area (Å²) in [6.07, 6.45) is 0.917. The highest BCUT2D eigenvalue weighted by Crippen LogP contribution is 2.32. The molecule has 21 heavy (non-hydrogen) atoms. The second kappa shape index (κ2) is 5.78. The Morgan fingerprint density at radius 1 is 1.62 bits per heavy atom. The zero-order valence-electron chi connectivity index (χ0n) is 12.7. The van der Waals surface area contributed by atoms with Crippen LogP contribution < -0.4 is 16.4 Å². The van der Waals surface area contributed by atoms with E-state index in [9.17, 15) is 9.90 Å². The smallest absolute Gasteiger partial charge is 0.268 e. The third kappa shape index (κ3) is 3.12. The van der Waals surface area contributed by atoms with Crippen molar-refractivity contribution in [3.05, 3.63) is 4.88 Å². The van der Waals surface area contributed by atoms with Gasteiger partial charge in [-0.1, -0.05) is 11.3 Å². The van der Waals surface area contributed by atoms with Gasteiger partial charge in [0.05, 0.1) is 12.1 Å². The summed E-state index contributed by atoms with van der Waals surface area (Å²) in [7, 11) is 1.66. The van der Waals surface area contributed by atoms with E-state index >= 15 is 0 Å². The van der Waals surface area contributed by atoms with E-state index in [-0.39, 0.29) is 24.4 Å². The van der Waals surface area contributed by atoms with Crippen LogP contribution in [0.1, 0.15) is 29.9 Å². The Kier molecular flexibility index (Phi) is 4.40. The Labute approximate surface area is 128 Å². The van der Waals surface area contributed by atoms with Crippen molar-refractivity contribution >= 4 is 28.2 Å². The molecule has 1 aromatic heterocycles. The van der Waals surface area contributed by atoms with Gasteiger partial charge in [-0.05, 0) is 20.3 Å². The van der Waals surface area contributed by atoms with Crippen molar-refractivity contribution in [2.45, 2.75) is 31.8 Å².